The molecule has 0 bridgehead atoms. The van der Waals surface area contributed by atoms with Gasteiger partial charge in [-0.05, 0) is 22.6 Å². The van der Waals surface area contributed by atoms with Crippen LogP contribution in [0.2, 0.25) is 0 Å². The number of hydrogen-bond acceptors (Lipinski definition) is 6. The number of thiophene rings is 1. The maximum atomic E-state index is 11.8. The molecule has 0 aliphatic rings. The van der Waals surface area contributed by atoms with Crippen molar-refractivity contribution in [3.8, 4) is 10.7 Å². The molecule has 0 aromatic carbocycles. The lowest BCUT2D eigenvalue weighted by molar-refractivity contribution is -0.123. The maximum absolute atomic E-state index is 11.8. The van der Waals surface area contributed by atoms with E-state index in [1.165, 1.54) is 16.1 Å². The Morgan fingerprint density at radius 3 is 2.95 bits per heavy atom. The summed E-state index contributed by atoms with van der Waals surface area (Å²) in [5.41, 5.74) is 0. The smallest absolute Gasteiger partial charge is 0.243 e. The van der Waals surface area contributed by atoms with Gasteiger partial charge in [-0.15, -0.1) is 21.5 Å². The Kier molecular flexibility index (Phi) is 4.80. The lowest BCUT2D eigenvalue weighted by atomic mass is 10.1. The first kappa shape index (κ1) is 14.6. The number of carbonyl (C=O) groups excluding carboxylic acids is 1. The van der Waals surface area contributed by atoms with Crippen molar-refractivity contribution < 1.29 is 9.90 Å². The zero-order valence-corrected chi connectivity index (χ0v) is 12.2. The Balaban J connectivity index is 1.95. The van der Waals surface area contributed by atoms with Crippen molar-refractivity contribution in [3.63, 3.8) is 0 Å². The van der Waals surface area contributed by atoms with Gasteiger partial charge in [0.1, 0.15) is 6.54 Å². The predicted molar refractivity (Wildman–Crippen MR) is 75.0 cm³/mol. The summed E-state index contributed by atoms with van der Waals surface area (Å²) in [6, 6.07) is 3.54. The number of tetrazole rings is 1. The van der Waals surface area contributed by atoms with Gasteiger partial charge in [0.2, 0.25) is 11.7 Å². The Hall–Kier alpha value is -1.80. The molecule has 0 fully saturated rings. The highest BCUT2D eigenvalue weighted by Gasteiger charge is 2.16. The van der Waals surface area contributed by atoms with Crippen LogP contribution in [0.15, 0.2) is 17.5 Å². The first-order valence-corrected chi connectivity index (χ1v) is 7.20. The minimum atomic E-state index is -0.261. The maximum Gasteiger partial charge on any atom is 0.243 e. The van der Waals surface area contributed by atoms with Crippen LogP contribution in [0.4, 0.5) is 0 Å². The van der Waals surface area contributed by atoms with E-state index in [0.717, 1.165) is 4.88 Å². The van der Waals surface area contributed by atoms with E-state index in [1.54, 1.807) is 0 Å². The first-order chi connectivity index (χ1) is 9.60. The number of nitrogens with zero attached hydrogens (tertiary/aromatic N) is 4. The Labute approximate surface area is 120 Å². The van der Waals surface area contributed by atoms with E-state index in [4.69, 9.17) is 0 Å². The van der Waals surface area contributed by atoms with E-state index in [-0.39, 0.29) is 31.0 Å². The number of carbonyl (C=O) groups is 1. The summed E-state index contributed by atoms with van der Waals surface area (Å²) in [6.07, 6.45) is 0. The molecule has 0 aliphatic heterocycles. The molecule has 0 radical (unpaired) electrons. The second-order valence-electron chi connectivity index (χ2n) is 4.72. The molecule has 2 aromatic heterocycles. The van der Waals surface area contributed by atoms with E-state index < -0.39 is 0 Å². The summed E-state index contributed by atoms with van der Waals surface area (Å²) in [5.74, 6) is 0.428. The van der Waals surface area contributed by atoms with Gasteiger partial charge in [-0.25, -0.2) is 0 Å². The summed E-state index contributed by atoms with van der Waals surface area (Å²) in [6.45, 7) is 3.77. The monoisotopic (exact) mass is 295 g/mol. The molecule has 7 nitrogen and oxygen atoms in total. The molecular formula is C12H17N5O2S. The van der Waals surface area contributed by atoms with Crippen LogP contribution >= 0.6 is 11.3 Å². The molecule has 0 unspecified atom stereocenters. The van der Waals surface area contributed by atoms with E-state index in [9.17, 15) is 9.90 Å². The van der Waals surface area contributed by atoms with Crippen molar-refractivity contribution in [1.29, 1.82) is 0 Å². The number of aliphatic hydroxyl groups excluding tert-OH is 1. The molecule has 2 N–H and O–H groups in total. The number of aromatic nitrogens is 4. The van der Waals surface area contributed by atoms with Gasteiger partial charge in [0.25, 0.3) is 0 Å². The van der Waals surface area contributed by atoms with Crippen LogP contribution in [0.5, 0.6) is 0 Å². The van der Waals surface area contributed by atoms with Gasteiger partial charge in [0, 0.05) is 0 Å². The lowest BCUT2D eigenvalue weighted by Gasteiger charge is -2.19. The van der Waals surface area contributed by atoms with Crippen LogP contribution in [-0.4, -0.2) is 43.9 Å². The molecule has 0 aliphatic carbocycles. The van der Waals surface area contributed by atoms with Crippen molar-refractivity contribution in [3.05, 3.63) is 17.5 Å². The van der Waals surface area contributed by atoms with Crippen molar-refractivity contribution in [2.75, 3.05) is 6.61 Å². The van der Waals surface area contributed by atoms with Gasteiger partial charge >= 0.3 is 0 Å². The zero-order valence-electron chi connectivity index (χ0n) is 11.4. The molecule has 0 spiro atoms. The van der Waals surface area contributed by atoms with Crippen molar-refractivity contribution in [2.45, 2.75) is 26.4 Å². The van der Waals surface area contributed by atoms with Crippen LogP contribution in [0.25, 0.3) is 10.7 Å². The minimum Gasteiger partial charge on any atom is -0.394 e. The Bertz CT molecular complexity index is 552. The summed E-state index contributed by atoms with van der Waals surface area (Å²) in [4.78, 5) is 14.0. The van der Waals surface area contributed by atoms with Gasteiger partial charge < -0.3 is 10.4 Å². The molecule has 2 heterocycles. The van der Waals surface area contributed by atoms with Crippen LogP contribution < -0.4 is 5.32 Å². The van der Waals surface area contributed by atoms with Crippen molar-refractivity contribution in [2.24, 2.45) is 5.92 Å². The van der Waals surface area contributed by atoms with Crippen molar-refractivity contribution in [1.82, 2.24) is 25.5 Å². The quantitative estimate of drug-likeness (QED) is 0.811. The normalized spacial score (nSPS) is 12.6. The average molecular weight is 295 g/mol. The topological polar surface area (TPSA) is 92.9 Å². The fourth-order valence-electron chi connectivity index (χ4n) is 1.62. The highest BCUT2D eigenvalue weighted by atomic mass is 32.1. The highest BCUT2D eigenvalue weighted by molar-refractivity contribution is 7.13. The van der Waals surface area contributed by atoms with Crippen LogP contribution in [-0.2, 0) is 11.3 Å². The third kappa shape index (κ3) is 3.61. The fraction of sp³-hybridized carbons (Fsp3) is 0.500. The lowest BCUT2D eigenvalue weighted by Crippen LogP contribution is -2.42. The third-order valence-electron chi connectivity index (χ3n) is 2.83. The molecule has 8 heteroatoms. The molecule has 0 saturated carbocycles. The molecule has 1 atom stereocenters. The van der Waals surface area contributed by atoms with Crippen LogP contribution in [0, 0.1) is 5.92 Å². The molecule has 108 valence electrons. The van der Waals surface area contributed by atoms with Gasteiger partial charge in [0.15, 0.2) is 0 Å². The Morgan fingerprint density at radius 2 is 2.35 bits per heavy atom. The molecule has 0 saturated heterocycles. The molecule has 2 rings (SSSR count). The summed E-state index contributed by atoms with van der Waals surface area (Å²) in [5, 5.41) is 25.8. The number of rotatable bonds is 6. The zero-order chi connectivity index (χ0) is 14.5. The predicted octanol–water partition coefficient (Wildman–Crippen LogP) is 0.535. The highest BCUT2D eigenvalue weighted by Crippen LogP contribution is 2.19. The number of hydrogen-bond donors (Lipinski definition) is 2. The number of nitrogens with one attached hydrogen (secondary N) is 1. The second-order valence-corrected chi connectivity index (χ2v) is 5.67. The van der Waals surface area contributed by atoms with Gasteiger partial charge in [-0.2, -0.15) is 4.80 Å². The third-order valence-corrected chi connectivity index (χ3v) is 3.69. The standard InChI is InChI=1S/C12H17N5O2S/c1-8(2)9(7-18)13-11(19)6-17-15-12(14-16-17)10-4-3-5-20-10/h3-5,8-9,18H,6-7H2,1-2H3,(H,13,19)/t9-/m1/s1. The molecule has 20 heavy (non-hydrogen) atoms. The second kappa shape index (κ2) is 6.58. The summed E-state index contributed by atoms with van der Waals surface area (Å²) >= 11 is 1.51. The average Bonchev–Trinajstić information content (AvgIpc) is 3.05. The van der Waals surface area contributed by atoms with Gasteiger partial charge in [-0.3, -0.25) is 4.79 Å². The number of amides is 1. The largest absolute Gasteiger partial charge is 0.394 e. The Morgan fingerprint density at radius 1 is 1.55 bits per heavy atom. The SMILES string of the molecule is CC(C)[C@@H](CO)NC(=O)Cn1nnc(-c2cccs2)n1. The van der Waals surface area contributed by atoms with Crippen molar-refractivity contribution >= 4 is 17.2 Å². The fourth-order valence-corrected chi connectivity index (χ4v) is 2.27. The van der Waals surface area contributed by atoms with E-state index in [1.807, 2.05) is 31.4 Å². The first-order valence-electron chi connectivity index (χ1n) is 6.32. The van der Waals surface area contributed by atoms with Crippen LogP contribution in [0.1, 0.15) is 13.8 Å². The minimum absolute atomic E-state index is 0.0123. The molecule has 1 amide bonds. The van der Waals surface area contributed by atoms with Gasteiger partial charge in [-0.1, -0.05) is 19.9 Å². The summed E-state index contributed by atoms with van der Waals surface area (Å²) in [7, 11) is 0. The number of aliphatic hydroxyl groups is 1. The molecule has 2 aromatic rings. The van der Waals surface area contributed by atoms with E-state index in [2.05, 4.69) is 20.7 Å². The van der Waals surface area contributed by atoms with E-state index in [0.29, 0.717) is 5.82 Å². The summed E-state index contributed by atoms with van der Waals surface area (Å²) < 4.78 is 0. The van der Waals surface area contributed by atoms with E-state index >= 15 is 0 Å². The van der Waals surface area contributed by atoms with Crippen LogP contribution in [0.3, 0.4) is 0 Å². The van der Waals surface area contributed by atoms with Gasteiger partial charge in [0.05, 0.1) is 17.5 Å². The molecular weight excluding hydrogens is 278 g/mol.